The highest BCUT2D eigenvalue weighted by atomic mass is 79.9. The van der Waals surface area contributed by atoms with E-state index in [0.29, 0.717) is 11.3 Å². The van der Waals surface area contributed by atoms with Gasteiger partial charge in [-0.05, 0) is 29.8 Å². The van der Waals surface area contributed by atoms with Gasteiger partial charge in [0.15, 0.2) is 0 Å². The van der Waals surface area contributed by atoms with Crippen LogP contribution in [-0.4, -0.2) is 14.5 Å². The monoisotopic (exact) mass is 375 g/mol. The maximum absolute atomic E-state index is 12.7. The van der Waals surface area contributed by atoms with Gasteiger partial charge in [0.25, 0.3) is 5.56 Å². The van der Waals surface area contributed by atoms with Gasteiger partial charge in [-0.25, -0.2) is 4.98 Å². The minimum Gasteiger partial charge on any atom is -0.286 e. The second-order valence-electron chi connectivity index (χ2n) is 4.68. The number of benzene rings is 1. The van der Waals surface area contributed by atoms with E-state index in [4.69, 9.17) is 11.6 Å². The average Bonchev–Trinajstić information content (AvgIpc) is 2.54. The molecule has 0 bridgehead atoms. The number of aromatic nitrogens is 3. The summed E-state index contributed by atoms with van der Waals surface area (Å²) < 4.78 is 2.16. The summed E-state index contributed by atoms with van der Waals surface area (Å²) in [6.45, 7) is 0. The van der Waals surface area contributed by atoms with Crippen LogP contribution >= 0.6 is 27.5 Å². The number of hydrogen-bond acceptors (Lipinski definition) is 3. The number of pyridine rings is 1. The van der Waals surface area contributed by atoms with Crippen LogP contribution in [0.4, 0.5) is 0 Å². The molecule has 6 heteroatoms. The Kier molecular flexibility index (Phi) is 4.09. The molecule has 22 heavy (non-hydrogen) atoms. The second-order valence-corrected chi connectivity index (χ2v) is 5.88. The molecule has 0 unspecified atom stereocenters. The van der Waals surface area contributed by atoms with Crippen LogP contribution in [0.2, 0.25) is 5.28 Å². The van der Waals surface area contributed by atoms with Crippen LogP contribution in [-0.2, 0) is 7.05 Å². The summed E-state index contributed by atoms with van der Waals surface area (Å²) in [5.41, 5.74) is 2.42. The number of hydrogen-bond donors (Lipinski definition) is 0. The first-order valence-electron chi connectivity index (χ1n) is 6.51. The lowest BCUT2D eigenvalue weighted by Gasteiger charge is -2.13. The molecule has 0 spiro atoms. The Morgan fingerprint density at radius 3 is 2.50 bits per heavy atom. The Morgan fingerprint density at radius 2 is 1.82 bits per heavy atom. The molecule has 2 heterocycles. The van der Waals surface area contributed by atoms with E-state index in [1.807, 2.05) is 24.3 Å². The second kappa shape index (κ2) is 6.02. The van der Waals surface area contributed by atoms with Gasteiger partial charge in [-0.2, -0.15) is 0 Å². The minimum absolute atomic E-state index is 0.146. The molecule has 0 aliphatic heterocycles. The van der Waals surface area contributed by atoms with Crippen molar-refractivity contribution in [3.8, 4) is 22.4 Å². The molecule has 0 amide bonds. The van der Waals surface area contributed by atoms with Crippen LogP contribution in [0, 0.1) is 0 Å². The van der Waals surface area contributed by atoms with Crippen LogP contribution in [0.1, 0.15) is 0 Å². The van der Waals surface area contributed by atoms with Crippen molar-refractivity contribution in [2.24, 2.45) is 7.05 Å². The van der Waals surface area contributed by atoms with Crippen molar-refractivity contribution in [2.45, 2.75) is 0 Å². The first kappa shape index (κ1) is 14.9. The lowest BCUT2D eigenvalue weighted by Crippen LogP contribution is -2.22. The van der Waals surface area contributed by atoms with E-state index in [1.54, 1.807) is 31.6 Å². The van der Waals surface area contributed by atoms with Gasteiger partial charge in [-0.3, -0.25) is 14.3 Å². The summed E-state index contributed by atoms with van der Waals surface area (Å²) >= 11 is 9.59. The van der Waals surface area contributed by atoms with Crippen molar-refractivity contribution in [3.05, 3.63) is 68.9 Å². The van der Waals surface area contributed by atoms with E-state index < -0.39 is 0 Å². The Bertz CT molecular complexity index is 894. The van der Waals surface area contributed by atoms with E-state index in [2.05, 4.69) is 25.9 Å². The third kappa shape index (κ3) is 2.58. The standard InChI is InChI=1S/C16H11BrClN3O/c1-21-15(22)13(11-4-2-3-5-12(11)17)14(20-16(21)18)10-6-8-19-9-7-10/h2-9H,1H3. The predicted molar refractivity (Wildman–Crippen MR) is 90.9 cm³/mol. The molecule has 0 aliphatic carbocycles. The Hall–Kier alpha value is -1.98. The lowest BCUT2D eigenvalue weighted by atomic mass is 10.0. The maximum Gasteiger partial charge on any atom is 0.262 e. The molecular weight excluding hydrogens is 366 g/mol. The highest BCUT2D eigenvalue weighted by Crippen LogP contribution is 2.32. The summed E-state index contributed by atoms with van der Waals surface area (Å²) in [6.07, 6.45) is 3.32. The molecule has 0 atom stereocenters. The topological polar surface area (TPSA) is 47.8 Å². The van der Waals surface area contributed by atoms with E-state index >= 15 is 0 Å². The van der Waals surface area contributed by atoms with Gasteiger partial charge in [0, 0.05) is 35.0 Å². The quantitative estimate of drug-likeness (QED) is 0.637. The molecule has 1 aromatic carbocycles. The van der Waals surface area contributed by atoms with E-state index in [-0.39, 0.29) is 10.8 Å². The molecule has 3 aromatic rings. The lowest BCUT2D eigenvalue weighted by molar-refractivity contribution is 0.831. The van der Waals surface area contributed by atoms with Gasteiger partial charge in [0.2, 0.25) is 5.28 Å². The van der Waals surface area contributed by atoms with Crippen LogP contribution in [0.25, 0.3) is 22.4 Å². The zero-order chi connectivity index (χ0) is 15.7. The fourth-order valence-corrected chi connectivity index (χ4v) is 2.85. The van der Waals surface area contributed by atoms with Gasteiger partial charge in [-0.1, -0.05) is 34.1 Å². The zero-order valence-electron chi connectivity index (χ0n) is 11.6. The normalized spacial score (nSPS) is 10.7. The summed E-state index contributed by atoms with van der Waals surface area (Å²) in [4.78, 5) is 21.1. The van der Waals surface area contributed by atoms with Crippen molar-refractivity contribution >= 4 is 27.5 Å². The minimum atomic E-state index is -0.196. The summed E-state index contributed by atoms with van der Waals surface area (Å²) in [5, 5.41) is 0.146. The third-order valence-electron chi connectivity index (χ3n) is 3.33. The van der Waals surface area contributed by atoms with E-state index in [1.165, 1.54) is 4.57 Å². The van der Waals surface area contributed by atoms with Gasteiger partial charge < -0.3 is 0 Å². The molecule has 0 radical (unpaired) electrons. The smallest absolute Gasteiger partial charge is 0.262 e. The molecule has 4 nitrogen and oxygen atoms in total. The molecule has 0 saturated heterocycles. The van der Waals surface area contributed by atoms with Gasteiger partial charge in [0.1, 0.15) is 0 Å². The van der Waals surface area contributed by atoms with E-state index in [9.17, 15) is 4.79 Å². The van der Waals surface area contributed by atoms with Crippen LogP contribution in [0.5, 0.6) is 0 Å². The molecule has 0 N–H and O–H groups in total. The number of rotatable bonds is 2. The van der Waals surface area contributed by atoms with Crippen molar-refractivity contribution in [1.29, 1.82) is 0 Å². The molecule has 0 aliphatic rings. The van der Waals surface area contributed by atoms with Crippen LogP contribution < -0.4 is 5.56 Å². The summed E-state index contributed by atoms with van der Waals surface area (Å²) in [6, 6.07) is 11.1. The van der Waals surface area contributed by atoms with Gasteiger partial charge in [0.05, 0.1) is 11.3 Å². The van der Waals surface area contributed by atoms with Crippen molar-refractivity contribution in [2.75, 3.05) is 0 Å². The van der Waals surface area contributed by atoms with Crippen molar-refractivity contribution < 1.29 is 0 Å². The molecule has 110 valence electrons. The molecule has 0 fully saturated rings. The fraction of sp³-hybridized carbons (Fsp3) is 0.0625. The fourth-order valence-electron chi connectivity index (χ4n) is 2.20. The number of halogens is 2. The molecule has 0 saturated carbocycles. The third-order valence-corrected chi connectivity index (χ3v) is 4.36. The van der Waals surface area contributed by atoms with Gasteiger partial charge >= 0.3 is 0 Å². The Labute approximate surface area is 140 Å². The van der Waals surface area contributed by atoms with Crippen molar-refractivity contribution in [1.82, 2.24) is 14.5 Å². The Morgan fingerprint density at radius 1 is 1.14 bits per heavy atom. The van der Waals surface area contributed by atoms with Crippen molar-refractivity contribution in [3.63, 3.8) is 0 Å². The average molecular weight is 377 g/mol. The van der Waals surface area contributed by atoms with Gasteiger partial charge in [-0.15, -0.1) is 0 Å². The Balaban J connectivity index is 2.41. The highest BCUT2D eigenvalue weighted by Gasteiger charge is 2.18. The molecule has 3 rings (SSSR count). The maximum atomic E-state index is 12.7. The highest BCUT2D eigenvalue weighted by molar-refractivity contribution is 9.10. The first-order chi connectivity index (χ1) is 10.6. The van der Waals surface area contributed by atoms with E-state index in [0.717, 1.165) is 15.6 Å². The predicted octanol–water partition coefficient (Wildman–Crippen LogP) is 3.93. The zero-order valence-corrected chi connectivity index (χ0v) is 14.0. The largest absolute Gasteiger partial charge is 0.286 e. The summed E-state index contributed by atoms with van der Waals surface area (Å²) in [7, 11) is 1.61. The SMILES string of the molecule is Cn1c(Cl)nc(-c2ccncc2)c(-c2ccccc2Br)c1=O. The molecule has 2 aromatic heterocycles. The van der Waals surface area contributed by atoms with Crippen LogP contribution in [0.3, 0.4) is 0 Å². The summed E-state index contributed by atoms with van der Waals surface area (Å²) in [5.74, 6) is 0. The number of nitrogens with zero attached hydrogens (tertiary/aromatic N) is 3. The first-order valence-corrected chi connectivity index (χ1v) is 7.68. The van der Waals surface area contributed by atoms with Crippen LogP contribution in [0.15, 0.2) is 58.1 Å². The molecular formula is C16H11BrClN3O.